The number of carbonyl (C=O) groups excluding carboxylic acids is 1. The summed E-state index contributed by atoms with van der Waals surface area (Å²) in [7, 11) is 0. The van der Waals surface area contributed by atoms with Gasteiger partial charge in [-0.05, 0) is 37.0 Å². The SMILES string of the molecule is O=C(NCCc1ccccc1)[C@@H]1CCCN1c1ncnc2ccccc12. The molecule has 4 rings (SSSR count). The van der Waals surface area contributed by atoms with Crippen molar-refractivity contribution >= 4 is 22.6 Å². The molecule has 1 aliphatic heterocycles. The maximum atomic E-state index is 12.8. The van der Waals surface area contributed by atoms with E-state index >= 15 is 0 Å². The monoisotopic (exact) mass is 346 g/mol. The topological polar surface area (TPSA) is 58.1 Å². The molecular weight excluding hydrogens is 324 g/mol. The van der Waals surface area contributed by atoms with Crippen LogP contribution in [0, 0.1) is 0 Å². The number of carbonyl (C=O) groups is 1. The van der Waals surface area contributed by atoms with Crippen LogP contribution in [0.5, 0.6) is 0 Å². The first-order chi connectivity index (χ1) is 12.8. The molecule has 0 bridgehead atoms. The standard InChI is InChI=1S/C21H22N4O/c26-21(22-13-12-16-7-2-1-3-8-16)19-11-6-14-25(19)20-17-9-4-5-10-18(17)23-15-24-20/h1-5,7-10,15,19H,6,11-14H2,(H,22,26)/t19-/m0/s1. The van der Waals surface area contributed by atoms with Crippen molar-refractivity contribution in [3.8, 4) is 0 Å². The number of benzene rings is 2. The number of hydrogen-bond donors (Lipinski definition) is 1. The first kappa shape index (κ1) is 16.5. The van der Waals surface area contributed by atoms with Crippen molar-refractivity contribution in [3.63, 3.8) is 0 Å². The molecule has 0 unspecified atom stereocenters. The maximum Gasteiger partial charge on any atom is 0.242 e. The van der Waals surface area contributed by atoms with Gasteiger partial charge in [-0.1, -0.05) is 42.5 Å². The summed E-state index contributed by atoms with van der Waals surface area (Å²) in [4.78, 5) is 23.7. The van der Waals surface area contributed by atoms with Crippen LogP contribution in [-0.4, -0.2) is 35.0 Å². The van der Waals surface area contributed by atoms with Crippen LogP contribution < -0.4 is 10.2 Å². The van der Waals surface area contributed by atoms with Crippen molar-refractivity contribution in [3.05, 3.63) is 66.5 Å². The van der Waals surface area contributed by atoms with Crippen LogP contribution in [0.3, 0.4) is 0 Å². The van der Waals surface area contributed by atoms with E-state index in [4.69, 9.17) is 0 Å². The van der Waals surface area contributed by atoms with Crippen molar-refractivity contribution < 1.29 is 4.79 Å². The van der Waals surface area contributed by atoms with Gasteiger partial charge in [-0.2, -0.15) is 0 Å². The minimum absolute atomic E-state index is 0.0844. The summed E-state index contributed by atoms with van der Waals surface area (Å²) >= 11 is 0. The zero-order chi connectivity index (χ0) is 17.8. The summed E-state index contributed by atoms with van der Waals surface area (Å²) in [6.07, 6.45) is 4.28. The highest BCUT2D eigenvalue weighted by atomic mass is 16.2. The van der Waals surface area contributed by atoms with E-state index in [2.05, 4.69) is 32.3 Å². The number of anilines is 1. The van der Waals surface area contributed by atoms with Gasteiger partial charge in [-0.25, -0.2) is 9.97 Å². The lowest BCUT2D eigenvalue weighted by Crippen LogP contribution is -2.44. The average molecular weight is 346 g/mol. The molecule has 0 aliphatic carbocycles. The molecule has 1 N–H and O–H groups in total. The number of nitrogens with one attached hydrogen (secondary N) is 1. The smallest absolute Gasteiger partial charge is 0.242 e. The van der Waals surface area contributed by atoms with E-state index in [0.29, 0.717) is 6.54 Å². The third-order valence-corrected chi connectivity index (χ3v) is 4.91. The predicted octanol–water partition coefficient (Wildman–Crippen LogP) is 2.96. The lowest BCUT2D eigenvalue weighted by atomic mass is 10.1. The van der Waals surface area contributed by atoms with Gasteiger partial charge in [0.05, 0.1) is 5.52 Å². The van der Waals surface area contributed by atoms with Crippen molar-refractivity contribution in [1.82, 2.24) is 15.3 Å². The first-order valence-electron chi connectivity index (χ1n) is 9.11. The van der Waals surface area contributed by atoms with Crippen LogP contribution in [0.25, 0.3) is 10.9 Å². The highest BCUT2D eigenvalue weighted by molar-refractivity contribution is 5.93. The molecule has 1 aromatic heterocycles. The van der Waals surface area contributed by atoms with Crippen LogP contribution >= 0.6 is 0 Å². The fraction of sp³-hybridized carbons (Fsp3) is 0.286. The van der Waals surface area contributed by atoms with Gasteiger partial charge in [0, 0.05) is 18.5 Å². The number of para-hydroxylation sites is 1. The van der Waals surface area contributed by atoms with E-state index in [9.17, 15) is 4.79 Å². The van der Waals surface area contributed by atoms with E-state index in [1.54, 1.807) is 6.33 Å². The molecule has 2 heterocycles. The molecule has 1 fully saturated rings. The second-order valence-corrected chi connectivity index (χ2v) is 6.59. The molecule has 26 heavy (non-hydrogen) atoms. The fourth-order valence-electron chi connectivity index (χ4n) is 3.60. The third kappa shape index (κ3) is 3.38. The molecule has 1 atom stereocenters. The summed E-state index contributed by atoms with van der Waals surface area (Å²) in [6, 6.07) is 18.0. The molecule has 1 saturated heterocycles. The number of amides is 1. The normalized spacial score (nSPS) is 16.8. The van der Waals surface area contributed by atoms with Crippen molar-refractivity contribution in [1.29, 1.82) is 0 Å². The van der Waals surface area contributed by atoms with Crippen molar-refractivity contribution in [2.24, 2.45) is 0 Å². The van der Waals surface area contributed by atoms with Crippen molar-refractivity contribution in [2.75, 3.05) is 18.0 Å². The number of nitrogens with zero attached hydrogens (tertiary/aromatic N) is 3. The lowest BCUT2D eigenvalue weighted by Gasteiger charge is -2.25. The van der Waals surface area contributed by atoms with Crippen LogP contribution in [0.15, 0.2) is 60.9 Å². The van der Waals surface area contributed by atoms with Gasteiger partial charge in [0.1, 0.15) is 18.2 Å². The summed E-state index contributed by atoms with van der Waals surface area (Å²) in [5.74, 6) is 0.942. The number of rotatable bonds is 5. The zero-order valence-corrected chi connectivity index (χ0v) is 14.6. The number of hydrogen-bond acceptors (Lipinski definition) is 4. The summed E-state index contributed by atoms with van der Waals surface area (Å²) in [5.41, 5.74) is 2.14. The summed E-state index contributed by atoms with van der Waals surface area (Å²) in [6.45, 7) is 1.50. The van der Waals surface area contributed by atoms with E-state index in [0.717, 1.165) is 42.5 Å². The highest BCUT2D eigenvalue weighted by Crippen LogP contribution is 2.29. The molecule has 1 aliphatic rings. The van der Waals surface area contributed by atoms with Gasteiger partial charge < -0.3 is 10.2 Å². The van der Waals surface area contributed by atoms with Crippen molar-refractivity contribution in [2.45, 2.75) is 25.3 Å². The zero-order valence-electron chi connectivity index (χ0n) is 14.6. The van der Waals surface area contributed by atoms with Gasteiger partial charge >= 0.3 is 0 Å². The van der Waals surface area contributed by atoms with Gasteiger partial charge in [0.2, 0.25) is 5.91 Å². The molecule has 3 aromatic rings. The molecule has 0 saturated carbocycles. The Morgan fingerprint density at radius 2 is 1.88 bits per heavy atom. The minimum Gasteiger partial charge on any atom is -0.354 e. The van der Waals surface area contributed by atoms with Gasteiger partial charge in [-0.3, -0.25) is 4.79 Å². The Kier molecular flexibility index (Phi) is 4.78. The second-order valence-electron chi connectivity index (χ2n) is 6.59. The fourth-order valence-corrected chi connectivity index (χ4v) is 3.60. The molecule has 5 heteroatoms. The number of aromatic nitrogens is 2. The van der Waals surface area contributed by atoms with Crippen LogP contribution in [0.4, 0.5) is 5.82 Å². The minimum atomic E-state index is -0.163. The van der Waals surface area contributed by atoms with Gasteiger partial charge in [-0.15, -0.1) is 0 Å². The largest absolute Gasteiger partial charge is 0.354 e. The van der Waals surface area contributed by atoms with Gasteiger partial charge in [0.15, 0.2) is 0 Å². The van der Waals surface area contributed by atoms with E-state index in [1.165, 1.54) is 5.56 Å². The predicted molar refractivity (Wildman–Crippen MR) is 103 cm³/mol. The van der Waals surface area contributed by atoms with Crippen LogP contribution in [0.1, 0.15) is 18.4 Å². The molecular formula is C21H22N4O. The third-order valence-electron chi connectivity index (χ3n) is 4.91. The maximum absolute atomic E-state index is 12.8. The Morgan fingerprint density at radius 1 is 1.08 bits per heavy atom. The molecule has 1 amide bonds. The Bertz CT molecular complexity index is 891. The Labute approximate surface area is 153 Å². The Hall–Kier alpha value is -2.95. The quantitative estimate of drug-likeness (QED) is 0.772. The number of fused-ring (bicyclic) bond motifs is 1. The summed E-state index contributed by atoms with van der Waals surface area (Å²) < 4.78 is 0. The van der Waals surface area contributed by atoms with E-state index in [-0.39, 0.29) is 11.9 Å². The van der Waals surface area contributed by atoms with Crippen LogP contribution in [0.2, 0.25) is 0 Å². The molecule has 2 aromatic carbocycles. The average Bonchev–Trinajstić information content (AvgIpc) is 3.18. The highest BCUT2D eigenvalue weighted by Gasteiger charge is 2.32. The Morgan fingerprint density at radius 3 is 2.77 bits per heavy atom. The first-order valence-corrected chi connectivity index (χ1v) is 9.11. The molecule has 0 radical (unpaired) electrons. The lowest BCUT2D eigenvalue weighted by molar-refractivity contribution is -0.122. The van der Waals surface area contributed by atoms with Crippen LogP contribution in [-0.2, 0) is 11.2 Å². The Balaban J connectivity index is 1.46. The van der Waals surface area contributed by atoms with Gasteiger partial charge in [0.25, 0.3) is 0 Å². The molecule has 5 nitrogen and oxygen atoms in total. The van der Waals surface area contributed by atoms with E-state index in [1.807, 2.05) is 42.5 Å². The molecule has 132 valence electrons. The molecule has 0 spiro atoms. The van der Waals surface area contributed by atoms with E-state index < -0.39 is 0 Å². The summed E-state index contributed by atoms with van der Waals surface area (Å²) in [5, 5.41) is 4.10. The second kappa shape index (κ2) is 7.52.